The van der Waals surface area contributed by atoms with E-state index in [2.05, 4.69) is 15.4 Å². The summed E-state index contributed by atoms with van der Waals surface area (Å²) >= 11 is 0. The van der Waals surface area contributed by atoms with Crippen LogP contribution in [0.5, 0.6) is 0 Å². The van der Waals surface area contributed by atoms with Gasteiger partial charge in [0.25, 0.3) is 0 Å². The van der Waals surface area contributed by atoms with Gasteiger partial charge in [-0.15, -0.1) is 0 Å². The fourth-order valence-electron chi connectivity index (χ4n) is 3.40. The van der Waals surface area contributed by atoms with Crippen LogP contribution in [-0.4, -0.2) is 53.2 Å². The van der Waals surface area contributed by atoms with Crippen LogP contribution in [0.3, 0.4) is 0 Å². The van der Waals surface area contributed by atoms with Gasteiger partial charge in [0.05, 0.1) is 5.69 Å². The first-order valence-electron chi connectivity index (χ1n) is 8.33. The molecular formula is C16H26N4O2. The minimum atomic E-state index is 0.115. The second kappa shape index (κ2) is 6.69. The molecule has 1 saturated carbocycles. The molecule has 2 aliphatic rings. The van der Waals surface area contributed by atoms with E-state index in [0.29, 0.717) is 6.04 Å². The summed E-state index contributed by atoms with van der Waals surface area (Å²) in [5, 5.41) is 7.18. The number of carbonyl (C=O) groups excluding carboxylic acids is 1. The van der Waals surface area contributed by atoms with Gasteiger partial charge in [-0.25, -0.2) is 4.79 Å². The van der Waals surface area contributed by atoms with Crippen molar-refractivity contribution in [2.75, 3.05) is 26.2 Å². The van der Waals surface area contributed by atoms with E-state index in [-0.39, 0.29) is 6.03 Å². The molecule has 122 valence electrons. The molecule has 0 atom stereocenters. The minimum Gasteiger partial charge on any atom is -0.361 e. The molecule has 2 amide bonds. The second-order valence-corrected chi connectivity index (χ2v) is 6.50. The van der Waals surface area contributed by atoms with Crippen LogP contribution >= 0.6 is 0 Å². The van der Waals surface area contributed by atoms with E-state index < -0.39 is 0 Å². The number of hydrogen-bond acceptors (Lipinski definition) is 4. The number of aromatic nitrogens is 1. The van der Waals surface area contributed by atoms with Gasteiger partial charge in [-0.05, 0) is 26.7 Å². The molecule has 2 fully saturated rings. The first-order valence-corrected chi connectivity index (χ1v) is 8.33. The molecule has 1 aromatic heterocycles. The highest BCUT2D eigenvalue weighted by molar-refractivity contribution is 5.74. The number of amides is 2. The molecule has 0 bridgehead atoms. The molecule has 1 N–H and O–H groups in total. The van der Waals surface area contributed by atoms with E-state index in [1.807, 2.05) is 18.7 Å². The molecule has 1 saturated heterocycles. The fraction of sp³-hybridized carbons (Fsp3) is 0.750. The highest BCUT2D eigenvalue weighted by Crippen LogP contribution is 2.19. The number of nitrogens with one attached hydrogen (secondary N) is 1. The van der Waals surface area contributed by atoms with Crippen LogP contribution in [0.15, 0.2) is 4.52 Å². The number of urea groups is 1. The summed E-state index contributed by atoms with van der Waals surface area (Å²) in [6.45, 7) is 8.20. The normalized spacial score (nSPS) is 20.5. The van der Waals surface area contributed by atoms with Gasteiger partial charge in [0.15, 0.2) is 0 Å². The van der Waals surface area contributed by atoms with Gasteiger partial charge in [0.2, 0.25) is 0 Å². The Morgan fingerprint density at radius 3 is 2.50 bits per heavy atom. The van der Waals surface area contributed by atoms with Crippen molar-refractivity contribution < 1.29 is 9.32 Å². The molecule has 1 aliphatic carbocycles. The third kappa shape index (κ3) is 3.43. The van der Waals surface area contributed by atoms with Gasteiger partial charge in [-0.3, -0.25) is 4.90 Å². The molecule has 1 aromatic rings. The van der Waals surface area contributed by atoms with E-state index in [4.69, 9.17) is 4.52 Å². The SMILES string of the molecule is Cc1noc(C)c1CN1CCN(C(=O)NC2CCCC2)CC1. The summed E-state index contributed by atoms with van der Waals surface area (Å²) < 4.78 is 5.22. The molecule has 22 heavy (non-hydrogen) atoms. The lowest BCUT2D eigenvalue weighted by Gasteiger charge is -2.35. The van der Waals surface area contributed by atoms with E-state index in [1.165, 1.54) is 18.4 Å². The molecule has 0 spiro atoms. The van der Waals surface area contributed by atoms with Crippen molar-refractivity contribution in [2.24, 2.45) is 0 Å². The van der Waals surface area contributed by atoms with Crippen molar-refractivity contribution in [1.29, 1.82) is 0 Å². The predicted octanol–water partition coefficient (Wildman–Crippen LogP) is 2.06. The monoisotopic (exact) mass is 306 g/mol. The van der Waals surface area contributed by atoms with Gasteiger partial charge in [0, 0.05) is 44.3 Å². The van der Waals surface area contributed by atoms with Crippen LogP contribution in [0.2, 0.25) is 0 Å². The fourth-order valence-corrected chi connectivity index (χ4v) is 3.40. The van der Waals surface area contributed by atoms with E-state index in [1.54, 1.807) is 0 Å². The Morgan fingerprint density at radius 1 is 1.23 bits per heavy atom. The van der Waals surface area contributed by atoms with Crippen molar-refractivity contribution in [1.82, 2.24) is 20.3 Å². The summed E-state index contributed by atoms with van der Waals surface area (Å²) in [5.41, 5.74) is 2.16. The number of aryl methyl sites for hydroxylation is 2. The van der Waals surface area contributed by atoms with Crippen molar-refractivity contribution in [3.8, 4) is 0 Å². The first kappa shape index (κ1) is 15.3. The maximum absolute atomic E-state index is 12.3. The maximum atomic E-state index is 12.3. The molecule has 1 aliphatic heterocycles. The summed E-state index contributed by atoms with van der Waals surface area (Å²) in [4.78, 5) is 16.6. The number of hydrogen-bond donors (Lipinski definition) is 1. The van der Waals surface area contributed by atoms with Crippen molar-refractivity contribution in [2.45, 2.75) is 52.1 Å². The Hall–Kier alpha value is -1.56. The average Bonchev–Trinajstić information content (AvgIpc) is 3.13. The van der Waals surface area contributed by atoms with E-state index in [9.17, 15) is 4.79 Å². The van der Waals surface area contributed by atoms with Crippen LogP contribution in [0.25, 0.3) is 0 Å². The van der Waals surface area contributed by atoms with Gasteiger partial charge in [0.1, 0.15) is 5.76 Å². The molecule has 6 heteroatoms. The molecule has 0 unspecified atom stereocenters. The Balaban J connectivity index is 1.46. The van der Waals surface area contributed by atoms with Crippen molar-refractivity contribution >= 4 is 6.03 Å². The maximum Gasteiger partial charge on any atom is 0.317 e. The zero-order valence-electron chi connectivity index (χ0n) is 13.6. The second-order valence-electron chi connectivity index (χ2n) is 6.50. The minimum absolute atomic E-state index is 0.115. The molecule has 0 aromatic carbocycles. The Bertz CT molecular complexity index is 495. The number of rotatable bonds is 3. The number of nitrogens with zero attached hydrogens (tertiary/aromatic N) is 3. The molecule has 6 nitrogen and oxygen atoms in total. The third-order valence-corrected chi connectivity index (χ3v) is 4.91. The molecular weight excluding hydrogens is 280 g/mol. The summed E-state index contributed by atoms with van der Waals surface area (Å²) in [6, 6.07) is 0.511. The highest BCUT2D eigenvalue weighted by Gasteiger charge is 2.25. The van der Waals surface area contributed by atoms with E-state index >= 15 is 0 Å². The molecule has 0 radical (unpaired) electrons. The zero-order valence-corrected chi connectivity index (χ0v) is 13.6. The highest BCUT2D eigenvalue weighted by atomic mass is 16.5. The third-order valence-electron chi connectivity index (χ3n) is 4.91. The van der Waals surface area contributed by atoms with Gasteiger partial charge in [-0.1, -0.05) is 18.0 Å². The Morgan fingerprint density at radius 2 is 1.91 bits per heavy atom. The largest absolute Gasteiger partial charge is 0.361 e. The summed E-state index contributed by atoms with van der Waals surface area (Å²) in [7, 11) is 0. The topological polar surface area (TPSA) is 61.6 Å². The lowest BCUT2D eigenvalue weighted by molar-refractivity contribution is 0.133. The predicted molar refractivity (Wildman–Crippen MR) is 83.6 cm³/mol. The average molecular weight is 306 g/mol. The smallest absolute Gasteiger partial charge is 0.317 e. The van der Waals surface area contributed by atoms with Crippen LogP contribution in [-0.2, 0) is 6.54 Å². The molecule has 2 heterocycles. The van der Waals surface area contributed by atoms with E-state index in [0.717, 1.165) is 57.0 Å². The first-order chi connectivity index (χ1) is 10.6. The number of piperazine rings is 1. The van der Waals surface area contributed by atoms with Crippen LogP contribution < -0.4 is 5.32 Å². The summed E-state index contributed by atoms with van der Waals surface area (Å²) in [6.07, 6.45) is 4.77. The van der Waals surface area contributed by atoms with Gasteiger partial charge in [-0.2, -0.15) is 0 Å². The Kier molecular flexibility index (Phi) is 4.66. The summed E-state index contributed by atoms with van der Waals surface area (Å²) in [5.74, 6) is 0.902. The van der Waals surface area contributed by atoms with Gasteiger partial charge < -0.3 is 14.7 Å². The van der Waals surface area contributed by atoms with Crippen molar-refractivity contribution in [3.63, 3.8) is 0 Å². The van der Waals surface area contributed by atoms with Gasteiger partial charge >= 0.3 is 6.03 Å². The van der Waals surface area contributed by atoms with Crippen LogP contribution in [0.1, 0.15) is 42.7 Å². The number of carbonyl (C=O) groups is 1. The van der Waals surface area contributed by atoms with Crippen molar-refractivity contribution in [3.05, 3.63) is 17.0 Å². The standard InChI is InChI=1S/C16H26N4O2/c1-12-15(13(2)22-18-12)11-19-7-9-20(10-8-19)16(21)17-14-5-3-4-6-14/h14H,3-11H2,1-2H3,(H,17,21). The quantitative estimate of drug-likeness (QED) is 0.928. The van der Waals surface area contributed by atoms with Crippen LogP contribution in [0.4, 0.5) is 4.79 Å². The molecule has 3 rings (SSSR count). The lowest BCUT2D eigenvalue weighted by Crippen LogP contribution is -2.52. The zero-order chi connectivity index (χ0) is 15.5. The van der Waals surface area contributed by atoms with Crippen LogP contribution in [0, 0.1) is 13.8 Å². The Labute approximate surface area is 131 Å². The lowest BCUT2D eigenvalue weighted by atomic mass is 10.2.